The lowest BCUT2D eigenvalue weighted by atomic mass is 10.0. The Morgan fingerprint density at radius 3 is 1.32 bits per heavy atom. The fourth-order valence-electron chi connectivity index (χ4n) is 7.98. The molecule has 2 unspecified atom stereocenters. The Morgan fingerprint density at radius 2 is 0.864 bits per heavy atom. The van der Waals surface area contributed by atoms with Gasteiger partial charge in [-0.2, -0.15) is 0 Å². The van der Waals surface area contributed by atoms with E-state index in [0.29, 0.717) is 32.3 Å². The van der Waals surface area contributed by atoms with Crippen molar-refractivity contribution < 1.29 is 24.5 Å². The minimum atomic E-state index is -0.698. The first-order valence-corrected chi connectivity index (χ1v) is 26.1. The van der Waals surface area contributed by atoms with Crippen molar-refractivity contribution in [2.24, 2.45) is 0 Å². The summed E-state index contributed by atoms with van der Waals surface area (Å²) < 4.78 is 5.44. The van der Waals surface area contributed by atoms with E-state index >= 15 is 0 Å². The molecule has 0 bridgehead atoms. The Labute approximate surface area is 367 Å². The van der Waals surface area contributed by atoms with Gasteiger partial charge >= 0.3 is 5.97 Å². The second kappa shape index (κ2) is 49.0. The molecule has 0 saturated heterocycles. The quantitative estimate of drug-likeness (QED) is 0.0322. The standard InChI is InChI=1S/C53H101NO5/c1-3-5-7-9-11-13-15-17-18-19-20-22-25-29-33-37-41-45-51(56)50(49-55)54-52(57)46-42-38-34-30-26-23-21-24-28-32-36-40-44-48-59-53(58)47-43-39-35-31-27-16-14-12-10-8-6-4-2/h23,26,34,38,50-51,55-56H,3-22,24-25,27-33,35-37,39-49H2,1-2H3,(H,54,57)/b26-23-,38-34-. The second-order valence-electron chi connectivity index (χ2n) is 17.9. The molecule has 0 aromatic carbocycles. The third-order valence-electron chi connectivity index (χ3n) is 12.0. The highest BCUT2D eigenvalue weighted by atomic mass is 16.5. The maximum atomic E-state index is 12.4. The maximum absolute atomic E-state index is 12.4. The molecular formula is C53H101NO5. The topological polar surface area (TPSA) is 95.9 Å². The van der Waals surface area contributed by atoms with Gasteiger partial charge in [-0.25, -0.2) is 0 Å². The summed E-state index contributed by atoms with van der Waals surface area (Å²) in [5.74, 6) is -0.130. The van der Waals surface area contributed by atoms with E-state index in [-0.39, 0.29) is 18.5 Å². The highest BCUT2D eigenvalue weighted by Crippen LogP contribution is 2.16. The van der Waals surface area contributed by atoms with Crippen molar-refractivity contribution in [3.8, 4) is 0 Å². The molecule has 0 aromatic heterocycles. The monoisotopic (exact) mass is 832 g/mol. The molecule has 0 fully saturated rings. The number of aliphatic hydroxyl groups excluding tert-OH is 2. The Kier molecular flexibility index (Phi) is 47.6. The van der Waals surface area contributed by atoms with E-state index in [4.69, 9.17) is 4.74 Å². The number of rotatable bonds is 48. The predicted octanol–water partition coefficient (Wildman–Crippen LogP) is 15.5. The first-order chi connectivity index (χ1) is 29.0. The summed E-state index contributed by atoms with van der Waals surface area (Å²) in [6.07, 6.45) is 57.3. The van der Waals surface area contributed by atoms with Crippen molar-refractivity contribution in [3.05, 3.63) is 24.3 Å². The van der Waals surface area contributed by atoms with Crippen molar-refractivity contribution in [2.45, 2.75) is 289 Å². The van der Waals surface area contributed by atoms with Gasteiger partial charge in [-0.05, 0) is 44.9 Å². The van der Waals surface area contributed by atoms with E-state index in [2.05, 4.69) is 37.4 Å². The van der Waals surface area contributed by atoms with E-state index in [9.17, 15) is 19.8 Å². The SMILES string of the molecule is CCCCCCCCCCCCCCCCCCCC(O)C(CO)NC(=O)CC/C=C\C/C=C\CCCCCCCCOC(=O)CCCCCCCCCCCCCC. The van der Waals surface area contributed by atoms with Crippen LogP contribution in [0, 0.1) is 0 Å². The molecular weight excluding hydrogens is 731 g/mol. The number of hydrogen-bond acceptors (Lipinski definition) is 5. The third kappa shape index (κ3) is 45.7. The van der Waals surface area contributed by atoms with Crippen LogP contribution in [0.1, 0.15) is 277 Å². The van der Waals surface area contributed by atoms with E-state index in [0.717, 1.165) is 51.4 Å². The molecule has 6 heteroatoms. The molecule has 1 amide bonds. The molecule has 0 saturated carbocycles. The van der Waals surface area contributed by atoms with Crippen LogP contribution in [0.5, 0.6) is 0 Å². The van der Waals surface area contributed by atoms with Gasteiger partial charge in [0, 0.05) is 12.8 Å². The zero-order chi connectivity index (χ0) is 43.0. The summed E-state index contributed by atoms with van der Waals surface area (Å²) in [7, 11) is 0. The summed E-state index contributed by atoms with van der Waals surface area (Å²) in [4.78, 5) is 24.4. The van der Waals surface area contributed by atoms with Crippen LogP contribution in [0.4, 0.5) is 0 Å². The van der Waals surface area contributed by atoms with Gasteiger partial charge in [0.2, 0.25) is 5.91 Å². The molecule has 0 aromatic rings. The van der Waals surface area contributed by atoms with Crippen molar-refractivity contribution in [3.63, 3.8) is 0 Å². The Morgan fingerprint density at radius 1 is 0.475 bits per heavy atom. The zero-order valence-electron chi connectivity index (χ0n) is 39.5. The molecule has 0 aliphatic heterocycles. The second-order valence-corrected chi connectivity index (χ2v) is 17.9. The van der Waals surface area contributed by atoms with Gasteiger partial charge < -0.3 is 20.3 Å². The van der Waals surface area contributed by atoms with Crippen LogP contribution in [0.25, 0.3) is 0 Å². The lowest BCUT2D eigenvalue weighted by Gasteiger charge is -2.22. The average molecular weight is 832 g/mol. The number of esters is 1. The van der Waals surface area contributed by atoms with Crippen LogP contribution >= 0.6 is 0 Å². The van der Waals surface area contributed by atoms with Crippen LogP contribution in [0.2, 0.25) is 0 Å². The number of hydrogen-bond donors (Lipinski definition) is 3. The largest absolute Gasteiger partial charge is 0.466 e. The molecule has 3 N–H and O–H groups in total. The van der Waals surface area contributed by atoms with Gasteiger partial charge in [-0.15, -0.1) is 0 Å². The number of amides is 1. The fourth-order valence-corrected chi connectivity index (χ4v) is 7.98. The molecule has 2 atom stereocenters. The minimum absolute atomic E-state index is 0.0163. The number of carbonyl (C=O) groups is 2. The van der Waals surface area contributed by atoms with Crippen molar-refractivity contribution in [1.82, 2.24) is 5.32 Å². The Hall–Kier alpha value is -1.66. The number of allylic oxidation sites excluding steroid dienone is 4. The van der Waals surface area contributed by atoms with Crippen LogP contribution in [-0.4, -0.2) is 47.4 Å². The number of aliphatic hydroxyl groups is 2. The average Bonchev–Trinajstić information content (AvgIpc) is 3.24. The molecule has 0 aliphatic rings. The van der Waals surface area contributed by atoms with Crippen LogP contribution < -0.4 is 5.32 Å². The molecule has 59 heavy (non-hydrogen) atoms. The first-order valence-electron chi connectivity index (χ1n) is 26.1. The summed E-state index contributed by atoms with van der Waals surface area (Å²) in [6, 6.07) is -0.584. The number of nitrogens with one attached hydrogen (secondary N) is 1. The van der Waals surface area contributed by atoms with Gasteiger partial charge in [0.1, 0.15) is 0 Å². The van der Waals surface area contributed by atoms with Crippen molar-refractivity contribution >= 4 is 11.9 Å². The van der Waals surface area contributed by atoms with Crippen LogP contribution in [0.3, 0.4) is 0 Å². The first kappa shape index (κ1) is 57.3. The fraction of sp³-hybridized carbons (Fsp3) is 0.887. The third-order valence-corrected chi connectivity index (χ3v) is 12.0. The summed E-state index contributed by atoms with van der Waals surface area (Å²) in [5.41, 5.74) is 0. The number of unbranched alkanes of at least 4 members (excludes halogenated alkanes) is 33. The van der Waals surface area contributed by atoms with Crippen LogP contribution in [0.15, 0.2) is 24.3 Å². The highest BCUT2D eigenvalue weighted by molar-refractivity contribution is 5.76. The molecule has 348 valence electrons. The summed E-state index contributed by atoms with van der Waals surface area (Å²) >= 11 is 0. The lowest BCUT2D eigenvalue weighted by molar-refractivity contribution is -0.143. The maximum Gasteiger partial charge on any atom is 0.305 e. The van der Waals surface area contributed by atoms with Crippen molar-refractivity contribution in [1.29, 1.82) is 0 Å². The molecule has 0 rings (SSSR count). The summed E-state index contributed by atoms with van der Waals surface area (Å²) in [5, 5.41) is 23.2. The lowest BCUT2D eigenvalue weighted by Crippen LogP contribution is -2.45. The number of carbonyl (C=O) groups excluding carboxylic acids is 2. The van der Waals surface area contributed by atoms with E-state index in [1.54, 1.807) is 0 Å². The minimum Gasteiger partial charge on any atom is -0.466 e. The van der Waals surface area contributed by atoms with Crippen LogP contribution in [-0.2, 0) is 14.3 Å². The molecule has 0 radical (unpaired) electrons. The Balaban J connectivity index is 3.55. The van der Waals surface area contributed by atoms with Gasteiger partial charge in [0.25, 0.3) is 0 Å². The van der Waals surface area contributed by atoms with E-state index < -0.39 is 12.1 Å². The molecule has 6 nitrogen and oxygen atoms in total. The molecule has 0 heterocycles. The number of ether oxygens (including phenoxy) is 1. The Bertz CT molecular complexity index is 920. The van der Waals surface area contributed by atoms with E-state index in [1.165, 1.54) is 186 Å². The van der Waals surface area contributed by atoms with Gasteiger partial charge in [-0.3, -0.25) is 9.59 Å². The van der Waals surface area contributed by atoms with Gasteiger partial charge in [0.15, 0.2) is 0 Å². The normalized spacial score (nSPS) is 12.8. The van der Waals surface area contributed by atoms with Gasteiger partial charge in [-0.1, -0.05) is 244 Å². The zero-order valence-corrected chi connectivity index (χ0v) is 39.5. The van der Waals surface area contributed by atoms with Gasteiger partial charge in [0.05, 0.1) is 25.4 Å². The molecule has 0 spiro atoms. The van der Waals surface area contributed by atoms with Crippen molar-refractivity contribution in [2.75, 3.05) is 13.2 Å². The summed E-state index contributed by atoms with van der Waals surface area (Å²) in [6.45, 7) is 4.89. The van der Waals surface area contributed by atoms with E-state index in [1.807, 2.05) is 6.08 Å². The highest BCUT2D eigenvalue weighted by Gasteiger charge is 2.19. The molecule has 0 aliphatic carbocycles. The smallest absolute Gasteiger partial charge is 0.305 e. The predicted molar refractivity (Wildman–Crippen MR) is 255 cm³/mol.